The minimum Gasteiger partial charge on any atom is -0.337 e. The first-order chi connectivity index (χ1) is 9.65. The smallest absolute Gasteiger partial charge is 0.175 e. The number of nitrogens with zero attached hydrogens (tertiary/aromatic N) is 1. The van der Waals surface area contributed by atoms with Crippen molar-refractivity contribution in [3.63, 3.8) is 0 Å². The molecule has 0 saturated carbocycles. The number of allylic oxidation sites excluding steroid dienone is 1. The minimum atomic E-state index is 0.564. The Morgan fingerprint density at radius 1 is 1.25 bits per heavy atom. The first-order valence-electron chi connectivity index (χ1n) is 7.36. The second-order valence-electron chi connectivity index (χ2n) is 4.89. The van der Waals surface area contributed by atoms with E-state index < -0.39 is 0 Å². The molecule has 20 heavy (non-hydrogen) atoms. The van der Waals surface area contributed by atoms with Crippen LogP contribution in [0.25, 0.3) is 0 Å². The zero-order chi connectivity index (χ0) is 14.8. The Kier molecular flexibility index (Phi) is 7.88. The Balaban J connectivity index is 2.38. The topological polar surface area (TPSA) is 37.0 Å². The largest absolute Gasteiger partial charge is 0.337 e. The van der Waals surface area contributed by atoms with Crippen LogP contribution in [0.3, 0.4) is 0 Å². The zero-order valence-corrected chi connectivity index (χ0v) is 13.4. The van der Waals surface area contributed by atoms with E-state index in [-0.39, 0.29) is 0 Å². The third kappa shape index (κ3) is 6.66. The van der Waals surface area contributed by atoms with Crippen LogP contribution in [0, 0.1) is 0 Å². The monoisotopic (exact) mass is 291 g/mol. The molecule has 1 aromatic heterocycles. The summed E-state index contributed by atoms with van der Waals surface area (Å²) in [5, 5.41) is 6.71. The first kappa shape index (κ1) is 16.6. The third-order valence-electron chi connectivity index (χ3n) is 3.09. The molecule has 2 N–H and O–H groups in total. The van der Waals surface area contributed by atoms with Gasteiger partial charge in [-0.15, -0.1) is 0 Å². The van der Waals surface area contributed by atoms with E-state index in [1.54, 1.807) is 0 Å². The fraction of sp³-hybridized carbons (Fsp3) is 0.500. The van der Waals surface area contributed by atoms with Crippen molar-refractivity contribution in [3.8, 4) is 0 Å². The highest BCUT2D eigenvalue weighted by Crippen LogP contribution is 2.10. The second-order valence-corrected chi connectivity index (χ2v) is 5.29. The molecular formula is C16H25N3S. The highest BCUT2D eigenvalue weighted by molar-refractivity contribution is 7.80. The van der Waals surface area contributed by atoms with E-state index in [0.29, 0.717) is 5.11 Å². The molecule has 0 radical (unpaired) electrons. The van der Waals surface area contributed by atoms with Gasteiger partial charge in [0, 0.05) is 11.4 Å². The van der Waals surface area contributed by atoms with Gasteiger partial charge in [-0.05, 0) is 43.6 Å². The summed E-state index contributed by atoms with van der Waals surface area (Å²) >= 11 is 5.20. The van der Waals surface area contributed by atoms with Gasteiger partial charge >= 0.3 is 0 Å². The molecule has 0 amide bonds. The molecule has 0 aliphatic heterocycles. The molecule has 1 aromatic rings. The molecule has 0 fully saturated rings. The molecule has 1 heterocycles. The lowest BCUT2D eigenvalue weighted by Crippen LogP contribution is -2.27. The van der Waals surface area contributed by atoms with Crippen molar-refractivity contribution in [1.82, 2.24) is 10.3 Å². The first-order valence-corrected chi connectivity index (χ1v) is 7.77. The molecular weight excluding hydrogens is 266 g/mol. The number of hydrogen-bond donors (Lipinski definition) is 2. The summed E-state index contributed by atoms with van der Waals surface area (Å²) in [6.45, 7) is 8.12. The molecule has 0 saturated heterocycles. The summed E-state index contributed by atoms with van der Waals surface area (Å²) in [5.74, 6) is 0. The van der Waals surface area contributed by atoms with Crippen molar-refractivity contribution in [2.75, 3.05) is 5.32 Å². The Labute approximate surface area is 127 Å². The van der Waals surface area contributed by atoms with Crippen LogP contribution < -0.4 is 10.6 Å². The van der Waals surface area contributed by atoms with Crippen LogP contribution in [0.2, 0.25) is 0 Å². The molecule has 0 spiro atoms. The highest BCUT2D eigenvalue weighted by atomic mass is 32.1. The molecule has 0 atom stereocenters. The number of pyridine rings is 1. The van der Waals surface area contributed by atoms with Crippen LogP contribution in [-0.2, 0) is 6.42 Å². The van der Waals surface area contributed by atoms with Gasteiger partial charge in [-0.25, -0.2) is 0 Å². The van der Waals surface area contributed by atoms with Crippen molar-refractivity contribution in [1.29, 1.82) is 0 Å². The van der Waals surface area contributed by atoms with E-state index in [9.17, 15) is 0 Å². The van der Waals surface area contributed by atoms with E-state index in [1.165, 1.54) is 25.7 Å². The van der Waals surface area contributed by atoms with Crippen molar-refractivity contribution in [2.45, 2.75) is 52.4 Å². The van der Waals surface area contributed by atoms with Gasteiger partial charge in [-0.2, -0.15) is 0 Å². The third-order valence-corrected chi connectivity index (χ3v) is 3.29. The quantitative estimate of drug-likeness (QED) is 0.549. The molecule has 0 aromatic carbocycles. The minimum absolute atomic E-state index is 0.564. The molecule has 0 unspecified atom stereocenters. The van der Waals surface area contributed by atoms with Gasteiger partial charge < -0.3 is 10.6 Å². The van der Waals surface area contributed by atoms with Crippen molar-refractivity contribution in [3.05, 3.63) is 36.3 Å². The van der Waals surface area contributed by atoms with E-state index in [1.807, 2.05) is 19.2 Å². The second kappa shape index (κ2) is 9.48. The standard InChI is InChI=1S/C16H25N3S/c1-4-6-7-8-9-14-10-11-15(12-17-14)19-16(20)18-13(3)5-2/h10-12H,3-9H2,1-2H3,(H2,18,19,20). The number of aryl methyl sites for hydroxylation is 1. The number of nitrogens with one attached hydrogen (secondary N) is 2. The molecule has 0 bridgehead atoms. The van der Waals surface area contributed by atoms with Crippen molar-refractivity contribution in [2.24, 2.45) is 0 Å². The van der Waals surface area contributed by atoms with Crippen LogP contribution in [0.15, 0.2) is 30.6 Å². The van der Waals surface area contributed by atoms with Crippen molar-refractivity contribution < 1.29 is 0 Å². The zero-order valence-electron chi connectivity index (χ0n) is 12.5. The molecule has 0 aliphatic rings. The fourth-order valence-electron chi connectivity index (χ4n) is 1.79. The lowest BCUT2D eigenvalue weighted by Gasteiger charge is -2.11. The Bertz CT molecular complexity index is 426. The average molecular weight is 291 g/mol. The maximum atomic E-state index is 5.20. The molecule has 4 heteroatoms. The normalized spacial score (nSPS) is 10.1. The van der Waals surface area contributed by atoms with Gasteiger partial charge in [0.1, 0.15) is 0 Å². The van der Waals surface area contributed by atoms with E-state index in [4.69, 9.17) is 12.2 Å². The number of unbranched alkanes of at least 4 members (excludes halogenated alkanes) is 3. The summed E-state index contributed by atoms with van der Waals surface area (Å²) in [7, 11) is 0. The number of hydrogen-bond acceptors (Lipinski definition) is 2. The Hall–Kier alpha value is -1.42. The number of rotatable bonds is 8. The van der Waals surface area contributed by atoms with Gasteiger partial charge in [0.05, 0.1) is 11.9 Å². The van der Waals surface area contributed by atoms with Crippen LogP contribution in [0.1, 0.15) is 51.6 Å². The van der Waals surface area contributed by atoms with Gasteiger partial charge in [-0.1, -0.05) is 39.7 Å². The Morgan fingerprint density at radius 2 is 2.05 bits per heavy atom. The van der Waals surface area contributed by atoms with Crippen LogP contribution in [0.4, 0.5) is 5.69 Å². The molecule has 1 rings (SSSR count). The number of aromatic nitrogens is 1. The van der Waals surface area contributed by atoms with Gasteiger partial charge in [0.2, 0.25) is 0 Å². The highest BCUT2D eigenvalue weighted by Gasteiger charge is 2.00. The predicted octanol–water partition coefficient (Wildman–Crippen LogP) is 4.41. The van der Waals surface area contributed by atoms with Crippen molar-refractivity contribution >= 4 is 23.0 Å². The van der Waals surface area contributed by atoms with Gasteiger partial charge in [-0.3, -0.25) is 4.98 Å². The lowest BCUT2D eigenvalue weighted by molar-refractivity contribution is 0.661. The van der Waals surface area contributed by atoms with Crippen LogP contribution in [-0.4, -0.2) is 10.1 Å². The Morgan fingerprint density at radius 3 is 2.65 bits per heavy atom. The maximum Gasteiger partial charge on any atom is 0.175 e. The summed E-state index contributed by atoms with van der Waals surface area (Å²) in [4.78, 5) is 4.46. The molecule has 0 aliphatic carbocycles. The van der Waals surface area contributed by atoms with E-state index >= 15 is 0 Å². The lowest BCUT2D eigenvalue weighted by atomic mass is 10.1. The predicted molar refractivity (Wildman–Crippen MR) is 90.9 cm³/mol. The van der Waals surface area contributed by atoms with Gasteiger partial charge in [0.15, 0.2) is 5.11 Å². The fourth-order valence-corrected chi connectivity index (χ4v) is 2.05. The van der Waals surface area contributed by atoms with Crippen LogP contribution in [0.5, 0.6) is 0 Å². The molecule has 3 nitrogen and oxygen atoms in total. The summed E-state index contributed by atoms with van der Waals surface area (Å²) < 4.78 is 0. The molecule has 110 valence electrons. The summed E-state index contributed by atoms with van der Waals surface area (Å²) in [6.07, 6.45) is 8.81. The number of anilines is 1. The average Bonchev–Trinajstić information content (AvgIpc) is 2.45. The summed E-state index contributed by atoms with van der Waals surface area (Å²) in [6, 6.07) is 4.08. The maximum absolute atomic E-state index is 5.20. The van der Waals surface area contributed by atoms with E-state index in [2.05, 4.69) is 35.2 Å². The van der Waals surface area contributed by atoms with Gasteiger partial charge in [0.25, 0.3) is 0 Å². The summed E-state index contributed by atoms with van der Waals surface area (Å²) in [5.41, 5.74) is 2.95. The van der Waals surface area contributed by atoms with Crippen LogP contribution >= 0.6 is 12.2 Å². The SMILES string of the molecule is C=C(CC)NC(=S)Nc1ccc(CCCCCC)nc1. The van der Waals surface area contributed by atoms with E-state index in [0.717, 1.165) is 29.9 Å². The number of thiocarbonyl (C=S) groups is 1.